The normalized spacial score (nSPS) is 21.6. The number of hydrogen-bond donors (Lipinski definition) is 1. The Morgan fingerprint density at radius 3 is 2.88 bits per heavy atom. The lowest BCUT2D eigenvalue weighted by molar-refractivity contribution is 0.583. The van der Waals surface area contributed by atoms with Crippen LogP contribution >= 0.6 is 50.8 Å². The molecule has 1 aromatic rings. The van der Waals surface area contributed by atoms with E-state index in [1.54, 1.807) is 11.4 Å². The zero-order chi connectivity index (χ0) is 12.3. The molecule has 1 unspecified atom stereocenters. The molecule has 1 aliphatic rings. The molecule has 17 heavy (non-hydrogen) atoms. The number of thiophene rings is 1. The molecule has 0 radical (unpaired) electrons. The van der Waals surface area contributed by atoms with Gasteiger partial charge in [-0.3, -0.25) is 0 Å². The van der Waals surface area contributed by atoms with Crippen LogP contribution in [-0.2, 0) is 10.0 Å². The zero-order valence-corrected chi connectivity index (χ0v) is 13.7. The summed E-state index contributed by atoms with van der Waals surface area (Å²) in [6, 6.07) is 1.75. The largest absolute Gasteiger partial charge is 0.251 e. The van der Waals surface area contributed by atoms with Crippen molar-refractivity contribution in [3.05, 3.63) is 15.9 Å². The van der Waals surface area contributed by atoms with Crippen LogP contribution in [0.3, 0.4) is 0 Å². The molecule has 96 valence electrons. The van der Waals surface area contributed by atoms with Gasteiger partial charge in [-0.25, -0.2) is 13.1 Å². The second-order valence-electron chi connectivity index (χ2n) is 3.48. The average molecular weight is 374 g/mol. The van der Waals surface area contributed by atoms with Crippen molar-refractivity contribution in [2.24, 2.45) is 0 Å². The maximum absolute atomic E-state index is 12.0. The minimum atomic E-state index is -3.35. The quantitative estimate of drug-likeness (QED) is 0.880. The molecule has 1 aromatic heterocycles. The second kappa shape index (κ2) is 6.29. The predicted molar refractivity (Wildman–Crippen MR) is 80.8 cm³/mol. The molecule has 2 rings (SSSR count). The third-order valence-electron chi connectivity index (χ3n) is 2.21. The number of nitrogens with one attached hydrogen (secondary N) is 1. The van der Waals surface area contributed by atoms with Crippen molar-refractivity contribution in [1.82, 2.24) is 4.72 Å². The molecule has 8 heteroatoms. The lowest BCUT2D eigenvalue weighted by Crippen LogP contribution is -2.33. The SMILES string of the molecule is O=S(=O)(NCC1CSCCS1)c1sccc1Br. The Bertz CT molecular complexity index is 467. The molecule has 2 heterocycles. The highest BCUT2D eigenvalue weighted by Crippen LogP contribution is 2.28. The van der Waals surface area contributed by atoms with Gasteiger partial charge >= 0.3 is 0 Å². The van der Waals surface area contributed by atoms with E-state index in [-0.39, 0.29) is 0 Å². The van der Waals surface area contributed by atoms with Crippen molar-refractivity contribution in [3.8, 4) is 0 Å². The number of rotatable bonds is 4. The summed E-state index contributed by atoms with van der Waals surface area (Å²) < 4.78 is 27.7. The molecule has 0 saturated carbocycles. The summed E-state index contributed by atoms with van der Waals surface area (Å²) in [7, 11) is -3.35. The highest BCUT2D eigenvalue weighted by molar-refractivity contribution is 9.10. The van der Waals surface area contributed by atoms with Crippen LogP contribution in [0.1, 0.15) is 0 Å². The lowest BCUT2D eigenvalue weighted by atomic mass is 10.5. The molecule has 0 spiro atoms. The van der Waals surface area contributed by atoms with E-state index >= 15 is 0 Å². The monoisotopic (exact) mass is 373 g/mol. The van der Waals surface area contributed by atoms with E-state index in [9.17, 15) is 8.42 Å². The Hall–Kier alpha value is 0.790. The van der Waals surface area contributed by atoms with Crippen LogP contribution in [0, 0.1) is 0 Å². The minimum Gasteiger partial charge on any atom is -0.209 e. The first kappa shape index (κ1) is 14.2. The van der Waals surface area contributed by atoms with E-state index in [0.29, 0.717) is 20.5 Å². The summed E-state index contributed by atoms with van der Waals surface area (Å²) >= 11 is 8.22. The summed E-state index contributed by atoms with van der Waals surface area (Å²) in [4.78, 5) is 0. The fourth-order valence-corrected chi connectivity index (χ4v) is 7.57. The van der Waals surface area contributed by atoms with Gasteiger partial charge < -0.3 is 0 Å². The first-order chi connectivity index (χ1) is 8.09. The van der Waals surface area contributed by atoms with Crippen LogP contribution in [0.25, 0.3) is 0 Å². The maximum Gasteiger partial charge on any atom is 0.251 e. The van der Waals surface area contributed by atoms with Gasteiger partial charge in [0.1, 0.15) is 4.21 Å². The molecule has 1 saturated heterocycles. The van der Waals surface area contributed by atoms with E-state index < -0.39 is 10.0 Å². The van der Waals surface area contributed by atoms with Crippen molar-refractivity contribution >= 4 is 60.8 Å². The highest BCUT2D eigenvalue weighted by Gasteiger charge is 2.22. The van der Waals surface area contributed by atoms with Gasteiger partial charge in [-0.1, -0.05) is 0 Å². The number of halogens is 1. The number of sulfonamides is 1. The van der Waals surface area contributed by atoms with Crippen LogP contribution in [0.4, 0.5) is 0 Å². The molecule has 1 aliphatic heterocycles. The molecule has 1 atom stereocenters. The van der Waals surface area contributed by atoms with Crippen molar-refractivity contribution in [3.63, 3.8) is 0 Å². The zero-order valence-electron chi connectivity index (χ0n) is 8.89. The standard InChI is InChI=1S/C9H12BrNO2S4/c10-8-1-2-16-9(8)17(12,13)11-5-7-6-14-3-4-15-7/h1-2,7,11H,3-6H2. The van der Waals surface area contributed by atoms with Crippen molar-refractivity contribution in [2.75, 3.05) is 23.8 Å². The molecule has 1 N–H and O–H groups in total. The van der Waals surface area contributed by atoms with Crippen LogP contribution < -0.4 is 4.72 Å². The average Bonchev–Trinajstić information content (AvgIpc) is 2.75. The van der Waals surface area contributed by atoms with Gasteiger partial charge in [0.25, 0.3) is 10.0 Å². The Morgan fingerprint density at radius 1 is 1.47 bits per heavy atom. The third kappa shape index (κ3) is 3.87. The molecule has 0 bridgehead atoms. The molecule has 0 amide bonds. The van der Waals surface area contributed by atoms with Gasteiger partial charge in [0.05, 0.1) is 0 Å². The molecule has 0 aromatic carbocycles. The Kier molecular flexibility index (Phi) is 5.26. The summed E-state index contributed by atoms with van der Waals surface area (Å²) in [6.45, 7) is 0.518. The van der Waals surface area contributed by atoms with E-state index in [0.717, 1.165) is 11.5 Å². The van der Waals surface area contributed by atoms with Crippen LogP contribution in [-0.4, -0.2) is 37.5 Å². The Labute approximate surface area is 122 Å². The van der Waals surface area contributed by atoms with Gasteiger partial charge in [0, 0.05) is 33.5 Å². The van der Waals surface area contributed by atoms with Crippen molar-refractivity contribution in [1.29, 1.82) is 0 Å². The first-order valence-corrected chi connectivity index (χ1v) is 10.4. The summed E-state index contributed by atoms with van der Waals surface area (Å²) in [5.41, 5.74) is 0. The fourth-order valence-electron chi connectivity index (χ4n) is 1.39. The van der Waals surface area contributed by atoms with Crippen molar-refractivity contribution in [2.45, 2.75) is 9.46 Å². The number of thioether (sulfide) groups is 2. The number of hydrogen-bond acceptors (Lipinski definition) is 5. The second-order valence-corrected chi connectivity index (χ2v) is 9.77. The molecular weight excluding hydrogens is 362 g/mol. The van der Waals surface area contributed by atoms with E-state index in [1.807, 2.05) is 23.5 Å². The minimum absolute atomic E-state index is 0.367. The molecule has 1 fully saturated rings. The van der Waals surface area contributed by atoms with Gasteiger partial charge in [-0.2, -0.15) is 23.5 Å². The van der Waals surface area contributed by atoms with Crippen LogP contribution in [0.15, 0.2) is 20.1 Å². The van der Waals surface area contributed by atoms with E-state index in [4.69, 9.17) is 0 Å². The summed E-state index contributed by atoms with van der Waals surface area (Å²) in [5.74, 6) is 3.31. The maximum atomic E-state index is 12.0. The Balaban J connectivity index is 1.96. The first-order valence-electron chi connectivity index (χ1n) is 5.01. The van der Waals surface area contributed by atoms with Crippen LogP contribution in [0.5, 0.6) is 0 Å². The molecule has 0 aliphatic carbocycles. The lowest BCUT2D eigenvalue weighted by Gasteiger charge is -2.20. The molecule has 3 nitrogen and oxygen atoms in total. The van der Waals surface area contributed by atoms with E-state index in [1.165, 1.54) is 17.1 Å². The van der Waals surface area contributed by atoms with Crippen LogP contribution in [0.2, 0.25) is 0 Å². The summed E-state index contributed by atoms with van der Waals surface area (Å²) in [5, 5.41) is 2.16. The van der Waals surface area contributed by atoms with Crippen molar-refractivity contribution < 1.29 is 8.42 Å². The third-order valence-corrected chi connectivity index (χ3v) is 9.15. The van der Waals surface area contributed by atoms with Gasteiger partial charge in [0.2, 0.25) is 0 Å². The fraction of sp³-hybridized carbons (Fsp3) is 0.556. The van der Waals surface area contributed by atoms with Gasteiger partial charge in [0.15, 0.2) is 0 Å². The van der Waals surface area contributed by atoms with E-state index in [2.05, 4.69) is 20.7 Å². The van der Waals surface area contributed by atoms with Gasteiger partial charge in [-0.15, -0.1) is 11.3 Å². The Morgan fingerprint density at radius 2 is 2.29 bits per heavy atom. The molecular formula is C9H12BrNO2S4. The smallest absolute Gasteiger partial charge is 0.209 e. The summed E-state index contributed by atoms with van der Waals surface area (Å²) in [6.07, 6.45) is 0. The topological polar surface area (TPSA) is 46.2 Å². The van der Waals surface area contributed by atoms with Gasteiger partial charge in [-0.05, 0) is 27.4 Å². The highest BCUT2D eigenvalue weighted by atomic mass is 79.9. The predicted octanol–water partition coefficient (Wildman–Crippen LogP) is 2.64.